The van der Waals surface area contributed by atoms with E-state index in [9.17, 15) is 0 Å². The van der Waals surface area contributed by atoms with Crippen LogP contribution in [0.5, 0.6) is 0 Å². The van der Waals surface area contributed by atoms with Crippen LogP contribution in [0.1, 0.15) is 51.0 Å². The van der Waals surface area contributed by atoms with Gasteiger partial charge in [0.2, 0.25) is 0 Å². The Morgan fingerprint density at radius 2 is 2.05 bits per heavy atom. The molecule has 1 unspecified atom stereocenters. The van der Waals surface area contributed by atoms with Crippen LogP contribution in [0.15, 0.2) is 22.7 Å². The highest BCUT2D eigenvalue weighted by molar-refractivity contribution is 9.10. The Bertz CT molecular complexity index is 456. The van der Waals surface area contributed by atoms with Crippen LogP contribution in [0, 0.1) is 0 Å². The van der Waals surface area contributed by atoms with Crippen molar-refractivity contribution in [2.24, 2.45) is 0 Å². The molecule has 110 valence electrons. The van der Waals surface area contributed by atoms with Gasteiger partial charge in [-0.15, -0.1) is 0 Å². The SMILES string of the molecule is CC1CCCCCN1c1cc(Br)ccc1CNC1CC1. The smallest absolute Gasteiger partial charge is 0.0425 e. The van der Waals surface area contributed by atoms with Crippen LogP contribution in [-0.4, -0.2) is 18.6 Å². The topological polar surface area (TPSA) is 15.3 Å². The van der Waals surface area contributed by atoms with Crippen LogP contribution in [0.4, 0.5) is 5.69 Å². The van der Waals surface area contributed by atoms with E-state index in [2.05, 4.69) is 51.3 Å². The van der Waals surface area contributed by atoms with Crippen molar-refractivity contribution in [3.63, 3.8) is 0 Å². The maximum Gasteiger partial charge on any atom is 0.0425 e. The molecule has 1 aromatic rings. The summed E-state index contributed by atoms with van der Waals surface area (Å²) in [6, 6.07) is 8.20. The zero-order valence-electron chi connectivity index (χ0n) is 12.4. The number of anilines is 1. The van der Waals surface area contributed by atoms with Gasteiger partial charge in [-0.05, 0) is 50.3 Å². The molecule has 3 heteroatoms. The third kappa shape index (κ3) is 3.56. The zero-order chi connectivity index (χ0) is 13.9. The number of benzene rings is 1. The van der Waals surface area contributed by atoms with Crippen molar-refractivity contribution in [2.75, 3.05) is 11.4 Å². The summed E-state index contributed by atoms with van der Waals surface area (Å²) in [4.78, 5) is 2.63. The van der Waals surface area contributed by atoms with Crippen molar-refractivity contribution in [3.8, 4) is 0 Å². The number of nitrogens with one attached hydrogen (secondary N) is 1. The van der Waals surface area contributed by atoms with Crippen LogP contribution < -0.4 is 10.2 Å². The monoisotopic (exact) mass is 336 g/mol. The van der Waals surface area contributed by atoms with E-state index >= 15 is 0 Å². The van der Waals surface area contributed by atoms with E-state index in [0.717, 1.165) is 12.6 Å². The summed E-state index contributed by atoms with van der Waals surface area (Å²) in [5, 5.41) is 3.66. The summed E-state index contributed by atoms with van der Waals surface area (Å²) in [6.07, 6.45) is 8.11. The molecular weight excluding hydrogens is 312 g/mol. The van der Waals surface area contributed by atoms with Crippen LogP contribution in [0.2, 0.25) is 0 Å². The highest BCUT2D eigenvalue weighted by Gasteiger charge is 2.23. The van der Waals surface area contributed by atoms with Gasteiger partial charge in [-0.2, -0.15) is 0 Å². The van der Waals surface area contributed by atoms with E-state index in [-0.39, 0.29) is 0 Å². The van der Waals surface area contributed by atoms with E-state index in [1.165, 1.54) is 60.8 Å². The van der Waals surface area contributed by atoms with Gasteiger partial charge in [-0.25, -0.2) is 0 Å². The Morgan fingerprint density at radius 3 is 2.85 bits per heavy atom. The molecular formula is C17H25BrN2. The lowest BCUT2D eigenvalue weighted by Gasteiger charge is -2.31. The molecule has 1 heterocycles. The van der Waals surface area contributed by atoms with Gasteiger partial charge < -0.3 is 10.2 Å². The van der Waals surface area contributed by atoms with Crippen LogP contribution in [0.25, 0.3) is 0 Å². The van der Waals surface area contributed by atoms with E-state index in [1.807, 2.05) is 0 Å². The van der Waals surface area contributed by atoms with Gasteiger partial charge in [0, 0.05) is 35.3 Å². The molecule has 1 aromatic carbocycles. The second-order valence-corrected chi connectivity index (χ2v) is 7.24. The molecule has 2 nitrogen and oxygen atoms in total. The molecule has 0 radical (unpaired) electrons. The lowest BCUT2D eigenvalue weighted by molar-refractivity contribution is 0.610. The largest absolute Gasteiger partial charge is 0.369 e. The highest BCUT2D eigenvalue weighted by Crippen LogP contribution is 2.31. The first-order valence-corrected chi connectivity index (χ1v) is 8.82. The fourth-order valence-electron chi connectivity index (χ4n) is 3.13. The first-order valence-electron chi connectivity index (χ1n) is 8.02. The molecule has 20 heavy (non-hydrogen) atoms. The summed E-state index contributed by atoms with van der Waals surface area (Å²) >= 11 is 3.65. The Morgan fingerprint density at radius 1 is 1.20 bits per heavy atom. The van der Waals surface area contributed by atoms with Gasteiger partial charge in [0.25, 0.3) is 0 Å². The van der Waals surface area contributed by atoms with Gasteiger partial charge in [0.15, 0.2) is 0 Å². The number of halogens is 1. The minimum Gasteiger partial charge on any atom is -0.369 e. The standard InChI is InChI=1S/C17H25BrN2/c1-13-5-3-2-4-10-20(13)17-11-15(18)7-6-14(17)12-19-16-8-9-16/h6-7,11,13,16,19H,2-5,8-10,12H2,1H3. The van der Waals surface area contributed by atoms with E-state index < -0.39 is 0 Å². The molecule has 2 aliphatic rings. The summed E-state index contributed by atoms with van der Waals surface area (Å²) < 4.78 is 1.19. The van der Waals surface area contributed by atoms with E-state index in [1.54, 1.807) is 0 Å². The van der Waals surface area contributed by atoms with Gasteiger partial charge in [0.1, 0.15) is 0 Å². The average molecular weight is 337 g/mol. The van der Waals surface area contributed by atoms with Gasteiger partial charge in [-0.1, -0.05) is 34.8 Å². The van der Waals surface area contributed by atoms with Crippen LogP contribution >= 0.6 is 15.9 Å². The second-order valence-electron chi connectivity index (χ2n) is 6.32. The van der Waals surface area contributed by atoms with Gasteiger partial charge in [0.05, 0.1) is 0 Å². The van der Waals surface area contributed by atoms with Crippen LogP contribution in [0.3, 0.4) is 0 Å². The van der Waals surface area contributed by atoms with Gasteiger partial charge >= 0.3 is 0 Å². The minimum atomic E-state index is 0.659. The quantitative estimate of drug-likeness (QED) is 0.872. The molecule has 1 saturated carbocycles. The molecule has 1 N–H and O–H groups in total. The van der Waals surface area contributed by atoms with Crippen molar-refractivity contribution < 1.29 is 0 Å². The molecule has 0 amide bonds. The van der Waals surface area contributed by atoms with Crippen molar-refractivity contribution in [1.82, 2.24) is 5.32 Å². The lowest BCUT2D eigenvalue weighted by Crippen LogP contribution is -2.33. The Balaban J connectivity index is 1.82. The predicted molar refractivity (Wildman–Crippen MR) is 89.3 cm³/mol. The number of nitrogens with zero attached hydrogens (tertiary/aromatic N) is 1. The summed E-state index contributed by atoms with van der Waals surface area (Å²) in [5.74, 6) is 0. The summed E-state index contributed by atoms with van der Waals surface area (Å²) in [6.45, 7) is 4.59. The fourth-order valence-corrected chi connectivity index (χ4v) is 3.48. The van der Waals surface area contributed by atoms with Crippen LogP contribution in [-0.2, 0) is 6.54 Å². The van der Waals surface area contributed by atoms with Gasteiger partial charge in [-0.3, -0.25) is 0 Å². The number of hydrogen-bond acceptors (Lipinski definition) is 2. The molecule has 0 spiro atoms. The molecule has 1 aliphatic carbocycles. The Kier molecular flexibility index (Phi) is 4.67. The maximum absolute atomic E-state index is 3.66. The molecule has 3 rings (SSSR count). The Hall–Kier alpha value is -0.540. The predicted octanol–water partition coefficient (Wildman–Crippen LogP) is 4.47. The molecule has 0 aromatic heterocycles. The molecule has 0 bridgehead atoms. The third-order valence-electron chi connectivity index (χ3n) is 4.57. The molecule has 2 fully saturated rings. The first-order chi connectivity index (χ1) is 9.74. The van der Waals surface area contributed by atoms with E-state index in [0.29, 0.717) is 6.04 Å². The number of hydrogen-bond donors (Lipinski definition) is 1. The molecule has 1 saturated heterocycles. The summed E-state index contributed by atoms with van der Waals surface area (Å²) in [7, 11) is 0. The first kappa shape index (κ1) is 14.4. The summed E-state index contributed by atoms with van der Waals surface area (Å²) in [5.41, 5.74) is 2.88. The van der Waals surface area contributed by atoms with Crippen molar-refractivity contribution >= 4 is 21.6 Å². The third-order valence-corrected chi connectivity index (χ3v) is 5.06. The second kappa shape index (κ2) is 6.48. The highest BCUT2D eigenvalue weighted by atomic mass is 79.9. The van der Waals surface area contributed by atoms with Crippen molar-refractivity contribution in [3.05, 3.63) is 28.2 Å². The number of rotatable bonds is 4. The fraction of sp³-hybridized carbons (Fsp3) is 0.647. The minimum absolute atomic E-state index is 0.659. The lowest BCUT2D eigenvalue weighted by atomic mass is 10.1. The molecule has 1 atom stereocenters. The van der Waals surface area contributed by atoms with Crippen molar-refractivity contribution in [2.45, 2.75) is 64.1 Å². The average Bonchev–Trinajstić information content (AvgIpc) is 3.25. The normalized spacial score (nSPS) is 23.7. The van der Waals surface area contributed by atoms with Crippen molar-refractivity contribution in [1.29, 1.82) is 0 Å². The maximum atomic E-state index is 3.66. The Labute approximate surface area is 131 Å². The van der Waals surface area contributed by atoms with E-state index in [4.69, 9.17) is 0 Å². The molecule has 1 aliphatic heterocycles. The zero-order valence-corrected chi connectivity index (χ0v) is 14.0.